The summed E-state index contributed by atoms with van der Waals surface area (Å²) in [6.45, 7) is 5.98. The zero-order chi connectivity index (χ0) is 17.1. The average molecular weight is 332 g/mol. The van der Waals surface area contributed by atoms with Gasteiger partial charge in [0.05, 0.1) is 16.9 Å². The van der Waals surface area contributed by atoms with E-state index in [0.717, 1.165) is 24.8 Å². The first kappa shape index (κ1) is 14.9. The van der Waals surface area contributed by atoms with Crippen molar-refractivity contribution in [3.63, 3.8) is 0 Å². The Labute approximate surface area is 141 Å². The Balaban J connectivity index is 1.75. The number of carbonyl (C=O) groups excluding carboxylic acids is 1. The molecule has 1 heterocycles. The minimum absolute atomic E-state index is 0.0294. The number of aliphatic hydroxyl groups is 1. The van der Waals surface area contributed by atoms with Crippen LogP contribution < -0.4 is 0 Å². The lowest BCUT2D eigenvalue weighted by molar-refractivity contribution is -0.162. The Kier molecular flexibility index (Phi) is 2.43. The fourth-order valence-electron chi connectivity index (χ4n) is 7.69. The molecular formula is C19H24O5. The Morgan fingerprint density at radius 1 is 1.33 bits per heavy atom. The zero-order valence-corrected chi connectivity index (χ0v) is 14.0. The second-order valence-corrected chi connectivity index (χ2v) is 9.22. The Morgan fingerprint density at radius 2 is 2.08 bits per heavy atom. The minimum atomic E-state index is -0.932. The lowest BCUT2D eigenvalue weighted by Gasteiger charge is -2.45. The molecule has 5 aliphatic rings. The SMILES string of the molecule is C=C1C[C@]23C[C@@]1(O)CC[C@H]2[C@@]12CCC[C@](C)(C(=O)O1)[C@H]2[C@@H]3C(=O)O. The lowest BCUT2D eigenvalue weighted by atomic mass is 9.60. The maximum absolute atomic E-state index is 12.7. The molecule has 24 heavy (non-hydrogen) atoms. The molecule has 1 spiro atoms. The average Bonchev–Trinajstić information content (AvgIpc) is 2.88. The van der Waals surface area contributed by atoms with Crippen molar-refractivity contribution in [2.24, 2.45) is 28.6 Å². The topological polar surface area (TPSA) is 83.8 Å². The standard InChI is InChI=1S/C19H24O5/c1-10-8-17-9-18(10,23)7-4-11(17)19-6-3-5-16(2,15(22)24-19)13(19)12(17)14(20)21/h11-13,23H,1,3-9H2,2H3,(H,20,21)/t11-,12-,13-,16+,17+,18+,19-/m1/s1. The van der Waals surface area contributed by atoms with Crippen LogP contribution >= 0.6 is 0 Å². The van der Waals surface area contributed by atoms with E-state index in [1.165, 1.54) is 0 Å². The third kappa shape index (κ3) is 1.29. The molecule has 2 N–H and O–H groups in total. The number of hydrogen-bond acceptors (Lipinski definition) is 4. The molecule has 1 saturated heterocycles. The smallest absolute Gasteiger partial charge is 0.312 e. The van der Waals surface area contributed by atoms with Gasteiger partial charge < -0.3 is 14.9 Å². The Morgan fingerprint density at radius 3 is 2.79 bits per heavy atom. The van der Waals surface area contributed by atoms with Gasteiger partial charge in [0, 0.05) is 11.8 Å². The second-order valence-electron chi connectivity index (χ2n) is 9.22. The van der Waals surface area contributed by atoms with Crippen LogP contribution in [0, 0.1) is 28.6 Å². The van der Waals surface area contributed by atoms with E-state index < -0.39 is 33.9 Å². The summed E-state index contributed by atoms with van der Waals surface area (Å²) in [7, 11) is 0. The van der Waals surface area contributed by atoms with Crippen LogP contribution in [0.3, 0.4) is 0 Å². The molecular weight excluding hydrogens is 308 g/mol. The van der Waals surface area contributed by atoms with Gasteiger partial charge in [-0.25, -0.2) is 0 Å². The molecule has 0 radical (unpaired) electrons. The summed E-state index contributed by atoms with van der Waals surface area (Å²) in [6.07, 6.45) is 4.72. The van der Waals surface area contributed by atoms with Crippen molar-refractivity contribution in [2.45, 2.75) is 63.1 Å². The summed E-state index contributed by atoms with van der Waals surface area (Å²) in [5, 5.41) is 21.1. The van der Waals surface area contributed by atoms with Crippen LogP contribution in [0.4, 0.5) is 0 Å². The number of aliphatic carboxylic acids is 1. The van der Waals surface area contributed by atoms with Crippen molar-refractivity contribution < 1.29 is 24.5 Å². The predicted molar refractivity (Wildman–Crippen MR) is 83.9 cm³/mol. The second kappa shape index (κ2) is 3.90. The quantitative estimate of drug-likeness (QED) is 0.568. The van der Waals surface area contributed by atoms with Gasteiger partial charge in [0.15, 0.2) is 0 Å². The molecule has 5 heteroatoms. The highest BCUT2D eigenvalue weighted by Crippen LogP contribution is 2.78. The molecule has 0 amide bonds. The van der Waals surface area contributed by atoms with Crippen LogP contribution in [0.25, 0.3) is 0 Å². The Bertz CT molecular complexity index is 700. The number of carboxylic acids is 1. The maximum atomic E-state index is 12.7. The summed E-state index contributed by atoms with van der Waals surface area (Å²) in [4.78, 5) is 25.1. The van der Waals surface area contributed by atoms with Gasteiger partial charge >= 0.3 is 11.9 Å². The number of esters is 1. The maximum Gasteiger partial charge on any atom is 0.312 e. The van der Waals surface area contributed by atoms with Crippen molar-refractivity contribution in [1.29, 1.82) is 0 Å². The first-order valence-corrected chi connectivity index (χ1v) is 9.07. The van der Waals surface area contributed by atoms with E-state index in [9.17, 15) is 19.8 Å². The number of hydrogen-bond donors (Lipinski definition) is 2. The summed E-state index contributed by atoms with van der Waals surface area (Å²) >= 11 is 0. The van der Waals surface area contributed by atoms with Gasteiger partial charge in [-0.05, 0) is 62.9 Å². The Hall–Kier alpha value is -1.36. The van der Waals surface area contributed by atoms with Gasteiger partial charge in [-0.1, -0.05) is 6.58 Å². The van der Waals surface area contributed by atoms with E-state index in [-0.39, 0.29) is 17.8 Å². The summed E-state index contributed by atoms with van der Waals surface area (Å²) in [5.74, 6) is -1.92. The van der Waals surface area contributed by atoms with Crippen molar-refractivity contribution in [1.82, 2.24) is 0 Å². The molecule has 1 aliphatic heterocycles. The van der Waals surface area contributed by atoms with Gasteiger partial charge in [-0.15, -0.1) is 0 Å². The number of fused-ring (bicyclic) bond motifs is 1. The van der Waals surface area contributed by atoms with E-state index in [1.807, 2.05) is 6.92 Å². The van der Waals surface area contributed by atoms with Crippen molar-refractivity contribution in [2.75, 3.05) is 0 Å². The molecule has 130 valence electrons. The van der Waals surface area contributed by atoms with E-state index in [2.05, 4.69) is 6.58 Å². The van der Waals surface area contributed by atoms with Crippen molar-refractivity contribution in [3.05, 3.63) is 12.2 Å². The van der Waals surface area contributed by atoms with Crippen LogP contribution in [0.2, 0.25) is 0 Å². The number of carbonyl (C=O) groups is 2. The molecule has 7 atom stereocenters. The van der Waals surface area contributed by atoms with Crippen molar-refractivity contribution >= 4 is 11.9 Å². The fourth-order valence-corrected chi connectivity index (χ4v) is 7.69. The van der Waals surface area contributed by atoms with Crippen LogP contribution in [0.15, 0.2) is 12.2 Å². The first-order chi connectivity index (χ1) is 11.2. The molecule has 5 nitrogen and oxygen atoms in total. The van der Waals surface area contributed by atoms with Gasteiger partial charge in [0.2, 0.25) is 0 Å². The molecule has 0 aromatic heterocycles. The lowest BCUT2D eigenvalue weighted by Crippen LogP contribution is -2.48. The highest BCUT2D eigenvalue weighted by atomic mass is 16.6. The van der Waals surface area contributed by atoms with Gasteiger partial charge in [0.1, 0.15) is 5.60 Å². The minimum Gasteiger partial charge on any atom is -0.481 e. The van der Waals surface area contributed by atoms with Crippen LogP contribution in [-0.2, 0) is 14.3 Å². The van der Waals surface area contributed by atoms with Crippen LogP contribution in [-0.4, -0.2) is 33.4 Å². The number of rotatable bonds is 1. The normalized spacial score (nSPS) is 57.5. The number of ether oxygens (including phenoxy) is 1. The number of carboxylic acid groups (broad SMARTS) is 1. The summed E-state index contributed by atoms with van der Waals surface area (Å²) in [6, 6.07) is 0. The summed E-state index contributed by atoms with van der Waals surface area (Å²) < 4.78 is 6.05. The third-order valence-electron chi connectivity index (χ3n) is 8.40. The van der Waals surface area contributed by atoms with Crippen LogP contribution in [0.5, 0.6) is 0 Å². The van der Waals surface area contributed by atoms with E-state index in [1.54, 1.807) is 0 Å². The molecule has 0 aromatic rings. The van der Waals surface area contributed by atoms with E-state index in [4.69, 9.17) is 4.74 Å². The molecule has 5 fully saturated rings. The van der Waals surface area contributed by atoms with Gasteiger partial charge in [-0.2, -0.15) is 0 Å². The first-order valence-electron chi connectivity index (χ1n) is 9.07. The van der Waals surface area contributed by atoms with Gasteiger partial charge in [0.25, 0.3) is 0 Å². The summed E-state index contributed by atoms with van der Waals surface area (Å²) in [5.41, 5.74) is -2.00. The molecule has 5 rings (SSSR count). The zero-order valence-electron chi connectivity index (χ0n) is 14.0. The molecule has 4 bridgehead atoms. The molecule has 0 unspecified atom stereocenters. The molecule has 4 aliphatic carbocycles. The van der Waals surface area contributed by atoms with E-state index in [0.29, 0.717) is 25.7 Å². The predicted octanol–water partition coefficient (Wildman–Crippen LogP) is 2.28. The highest BCUT2D eigenvalue weighted by Gasteiger charge is 2.82. The van der Waals surface area contributed by atoms with Crippen molar-refractivity contribution in [3.8, 4) is 0 Å². The fraction of sp³-hybridized carbons (Fsp3) is 0.789. The largest absolute Gasteiger partial charge is 0.481 e. The molecule has 0 aromatic carbocycles. The molecule has 4 saturated carbocycles. The van der Waals surface area contributed by atoms with Gasteiger partial charge in [-0.3, -0.25) is 9.59 Å². The monoisotopic (exact) mass is 332 g/mol. The van der Waals surface area contributed by atoms with E-state index >= 15 is 0 Å². The van der Waals surface area contributed by atoms with Crippen LogP contribution in [0.1, 0.15) is 51.9 Å². The highest BCUT2D eigenvalue weighted by molar-refractivity contribution is 5.84. The third-order valence-corrected chi connectivity index (χ3v) is 8.40.